The minimum atomic E-state index is -2.22. The summed E-state index contributed by atoms with van der Waals surface area (Å²) in [6.45, 7) is 0.174. The first-order chi connectivity index (χ1) is 19.3. The van der Waals surface area contributed by atoms with Crippen LogP contribution in [0, 0.1) is 0 Å². The van der Waals surface area contributed by atoms with E-state index in [0.717, 1.165) is 30.1 Å². The van der Waals surface area contributed by atoms with Crippen molar-refractivity contribution in [2.24, 2.45) is 0 Å². The first-order valence-electron chi connectivity index (χ1n) is 14.0. The molecule has 3 nitrogen and oxygen atoms in total. The van der Waals surface area contributed by atoms with Gasteiger partial charge >= 0.3 is 229 Å². The van der Waals surface area contributed by atoms with Crippen LogP contribution in [0.1, 0.15) is 0 Å². The molecule has 6 aliphatic rings. The summed E-state index contributed by atoms with van der Waals surface area (Å²) in [6, 6.07) is 40.2. The van der Waals surface area contributed by atoms with Gasteiger partial charge in [0.05, 0.1) is 0 Å². The second-order valence-corrected chi connectivity index (χ2v) is 17.1. The van der Waals surface area contributed by atoms with Crippen LogP contribution in [-0.2, 0) is 0 Å². The van der Waals surface area contributed by atoms with E-state index in [9.17, 15) is 0 Å². The number of fused-ring (bicyclic) bond motifs is 8. The molecular weight excluding hydrogens is 489 g/mol. The van der Waals surface area contributed by atoms with Gasteiger partial charge in [-0.3, -0.25) is 0 Å². The summed E-state index contributed by atoms with van der Waals surface area (Å²) in [5.41, 5.74) is 9.15. The maximum absolute atomic E-state index is 6.57. The summed E-state index contributed by atoms with van der Waals surface area (Å²) in [5, 5.41) is 8.67. The summed E-state index contributed by atoms with van der Waals surface area (Å²) in [4.78, 5) is 0. The first-order valence-corrected chi connectivity index (χ1v) is 16.4. The molecule has 4 fully saturated rings. The van der Waals surface area contributed by atoms with E-state index in [0.29, 0.717) is 0 Å². The summed E-state index contributed by atoms with van der Waals surface area (Å²) >= 11 is 0. The summed E-state index contributed by atoms with van der Waals surface area (Å²) in [5.74, 6) is 1.96. The Labute approximate surface area is 228 Å². The molecule has 176 valence electrons. The van der Waals surface area contributed by atoms with E-state index in [4.69, 9.17) is 4.74 Å². The zero-order chi connectivity index (χ0) is 25.1. The summed E-state index contributed by atoms with van der Waals surface area (Å²) < 4.78 is 9.12. The third kappa shape index (κ3) is 1.95. The van der Waals surface area contributed by atoms with Crippen molar-refractivity contribution in [3.63, 3.8) is 0 Å². The van der Waals surface area contributed by atoms with Crippen molar-refractivity contribution in [1.29, 1.82) is 0 Å². The van der Waals surface area contributed by atoms with Crippen LogP contribution in [0.3, 0.4) is 0 Å². The molecule has 0 spiro atoms. The molecule has 0 aliphatic carbocycles. The number of para-hydroxylation sites is 3. The molecule has 2 bridgehead atoms. The Kier molecular flexibility index (Phi) is 3.20. The van der Waals surface area contributed by atoms with Crippen molar-refractivity contribution >= 4 is 88.0 Å². The van der Waals surface area contributed by atoms with Crippen LogP contribution in [0.2, 0.25) is 0 Å². The van der Waals surface area contributed by atoms with Gasteiger partial charge in [-0.2, -0.15) is 0 Å². The Hall–Kier alpha value is -3.75. The minimum absolute atomic E-state index is 0.174. The zero-order valence-corrected chi connectivity index (χ0v) is 22.0. The van der Waals surface area contributed by atoms with Crippen molar-refractivity contribution < 1.29 is 4.74 Å². The third-order valence-corrected chi connectivity index (χ3v) is 17.7. The fraction of sp³-hybridized carbons (Fsp3) is 0. The van der Waals surface area contributed by atoms with Crippen LogP contribution < -0.4 is 31.5 Å². The van der Waals surface area contributed by atoms with Crippen molar-refractivity contribution in [1.82, 2.24) is 4.57 Å². The molecular formula is C30H19B5N2OP-. The molecule has 0 unspecified atom stereocenters. The number of nitrogens with one attached hydrogen (secondary N) is 1. The van der Waals surface area contributed by atoms with Crippen molar-refractivity contribution in [3.8, 4) is 17.2 Å². The Morgan fingerprint density at radius 3 is 2.31 bits per heavy atom. The van der Waals surface area contributed by atoms with Crippen LogP contribution in [0.4, 0.5) is 5.69 Å². The quantitative estimate of drug-likeness (QED) is 0.290. The van der Waals surface area contributed by atoms with E-state index in [-0.39, 0.29) is 6.71 Å². The van der Waals surface area contributed by atoms with E-state index >= 15 is 0 Å². The number of hydrogen-bond donors (Lipinski definition) is 1. The number of hydrogen-bond acceptors (Lipinski definition) is 2. The van der Waals surface area contributed by atoms with Crippen LogP contribution in [0.25, 0.3) is 27.5 Å². The maximum atomic E-state index is 6.57. The molecule has 0 amide bonds. The van der Waals surface area contributed by atoms with E-state index in [1.54, 1.807) is 5.30 Å². The van der Waals surface area contributed by atoms with Crippen molar-refractivity contribution in [2.45, 2.75) is 0 Å². The molecule has 7 heterocycles. The molecule has 5 aromatic carbocycles. The normalized spacial score (nSPS) is 19.7. The third-order valence-electron chi connectivity index (χ3n) is 10.7. The Bertz CT molecular complexity index is 2110. The molecule has 0 atom stereocenters. The predicted molar refractivity (Wildman–Crippen MR) is 172 cm³/mol. The standard InChI is InChI=1S/C30H19B5N2OP/c1-2-9-19(10-3-1)36-39(33-31-34(39)35(33)39)27-16-8-14-24-28(27)20-17-18-26-29-30(20)37(24)23-13-6-4-11-21(23)32(29)22-12-5-7-15-25(22)38-26/h1-18,36H/q-1. The molecule has 6 aliphatic heterocycles. The van der Waals surface area contributed by atoms with Crippen molar-refractivity contribution in [2.75, 3.05) is 5.09 Å². The number of benzene rings is 5. The van der Waals surface area contributed by atoms with Gasteiger partial charge in [0.25, 0.3) is 0 Å². The number of aromatic nitrogens is 1. The molecule has 1 aromatic heterocycles. The monoisotopic (exact) mass is 509 g/mol. The predicted octanol–water partition coefficient (Wildman–Crippen LogP) is 3.79. The van der Waals surface area contributed by atoms with Crippen LogP contribution in [0.15, 0.2) is 109 Å². The van der Waals surface area contributed by atoms with Gasteiger partial charge in [-0.25, -0.2) is 0 Å². The number of ether oxygens (including phenoxy) is 1. The molecule has 0 saturated carbocycles. The van der Waals surface area contributed by atoms with Gasteiger partial charge in [0, 0.05) is 0 Å². The first kappa shape index (κ1) is 20.2. The van der Waals surface area contributed by atoms with Crippen LogP contribution in [0.5, 0.6) is 11.5 Å². The van der Waals surface area contributed by atoms with Crippen molar-refractivity contribution in [3.05, 3.63) is 109 Å². The molecule has 6 aromatic rings. The van der Waals surface area contributed by atoms with Gasteiger partial charge in [0.15, 0.2) is 0 Å². The van der Waals surface area contributed by atoms with E-state index in [1.807, 2.05) is 0 Å². The van der Waals surface area contributed by atoms with E-state index < -0.39 is 6.39 Å². The molecule has 4 saturated heterocycles. The number of nitrogens with zero attached hydrogens (tertiary/aromatic N) is 1. The second-order valence-electron chi connectivity index (χ2n) is 12.0. The Balaban J connectivity index is 1.27. The van der Waals surface area contributed by atoms with Gasteiger partial charge in [0.2, 0.25) is 0 Å². The van der Waals surface area contributed by atoms with Gasteiger partial charge in [-0.15, -0.1) is 0 Å². The fourth-order valence-corrected chi connectivity index (χ4v) is 17.3. The summed E-state index contributed by atoms with van der Waals surface area (Å²) in [6.07, 6.45) is 0.0929. The molecule has 1 N–H and O–H groups in total. The van der Waals surface area contributed by atoms with Gasteiger partial charge in [0.1, 0.15) is 0 Å². The second kappa shape index (κ2) is 6.19. The fourth-order valence-electron chi connectivity index (χ4n) is 8.99. The average molecular weight is 509 g/mol. The molecule has 9 heteroatoms. The SMILES string of the molecule is [B-]1B2B3B1P23(Nc1ccccc1)c1cccc2c1c1ccc3c4c1n2-c1ccccc1B4c1ccccc1O3. The zero-order valence-electron chi connectivity index (χ0n) is 21.1. The van der Waals surface area contributed by atoms with Crippen LogP contribution in [-0.4, -0.2) is 37.0 Å². The van der Waals surface area contributed by atoms with E-state index in [2.05, 4.69) is 126 Å². The molecule has 12 rings (SSSR count). The molecule has 2 radical (unpaired) electrons. The number of rotatable bonds is 3. The van der Waals surface area contributed by atoms with Gasteiger partial charge in [-0.05, 0) is 0 Å². The topological polar surface area (TPSA) is 26.2 Å². The Morgan fingerprint density at radius 1 is 0.718 bits per heavy atom. The van der Waals surface area contributed by atoms with E-state index in [1.165, 1.54) is 49.6 Å². The van der Waals surface area contributed by atoms with Gasteiger partial charge in [-0.1, -0.05) is 0 Å². The number of anilines is 1. The average Bonchev–Trinajstić information content (AvgIpc) is 3.55. The van der Waals surface area contributed by atoms with Gasteiger partial charge < -0.3 is 0 Å². The van der Waals surface area contributed by atoms with Crippen LogP contribution >= 0.6 is 6.39 Å². The molecule has 39 heavy (non-hydrogen) atoms. The summed E-state index contributed by atoms with van der Waals surface area (Å²) in [7, 11) is 2.62. The Morgan fingerprint density at radius 2 is 1.49 bits per heavy atom.